The van der Waals surface area contributed by atoms with Crippen molar-refractivity contribution in [2.24, 2.45) is 5.73 Å². The van der Waals surface area contributed by atoms with Crippen LogP contribution in [0.3, 0.4) is 0 Å². The van der Waals surface area contributed by atoms with Gasteiger partial charge in [0, 0.05) is 26.2 Å². The third-order valence-electron chi connectivity index (χ3n) is 2.39. The SMILES string of the molecule is CCN(CCN)c1cnn(CC)c(=O)c1Cl. The van der Waals surface area contributed by atoms with Crippen LogP contribution in [0.15, 0.2) is 11.0 Å². The molecule has 90 valence electrons. The van der Waals surface area contributed by atoms with Crippen LogP contribution in [0.1, 0.15) is 13.8 Å². The lowest BCUT2D eigenvalue weighted by atomic mass is 10.3. The van der Waals surface area contributed by atoms with Gasteiger partial charge in [-0.05, 0) is 13.8 Å². The summed E-state index contributed by atoms with van der Waals surface area (Å²) in [5.41, 5.74) is 5.90. The summed E-state index contributed by atoms with van der Waals surface area (Å²) >= 11 is 6.03. The van der Waals surface area contributed by atoms with Crippen molar-refractivity contribution in [3.63, 3.8) is 0 Å². The topological polar surface area (TPSA) is 64.2 Å². The van der Waals surface area contributed by atoms with Crippen molar-refractivity contribution in [2.45, 2.75) is 20.4 Å². The van der Waals surface area contributed by atoms with Gasteiger partial charge in [0.1, 0.15) is 5.02 Å². The van der Waals surface area contributed by atoms with E-state index < -0.39 is 0 Å². The molecule has 0 atom stereocenters. The molecule has 5 nitrogen and oxygen atoms in total. The van der Waals surface area contributed by atoms with Gasteiger partial charge in [0.25, 0.3) is 5.56 Å². The minimum Gasteiger partial charge on any atom is -0.368 e. The molecule has 1 aromatic heterocycles. The number of nitrogens with zero attached hydrogens (tertiary/aromatic N) is 3. The van der Waals surface area contributed by atoms with Crippen molar-refractivity contribution in [1.29, 1.82) is 0 Å². The maximum absolute atomic E-state index is 11.8. The molecule has 0 aliphatic carbocycles. The summed E-state index contributed by atoms with van der Waals surface area (Å²) in [6.45, 7) is 6.27. The van der Waals surface area contributed by atoms with Crippen molar-refractivity contribution >= 4 is 17.3 Å². The van der Waals surface area contributed by atoms with E-state index in [1.807, 2.05) is 18.7 Å². The maximum atomic E-state index is 11.8. The van der Waals surface area contributed by atoms with Gasteiger partial charge in [0.2, 0.25) is 0 Å². The fourth-order valence-electron chi connectivity index (χ4n) is 1.51. The Hall–Kier alpha value is -1.07. The zero-order chi connectivity index (χ0) is 12.1. The van der Waals surface area contributed by atoms with Crippen molar-refractivity contribution in [1.82, 2.24) is 9.78 Å². The lowest BCUT2D eigenvalue weighted by molar-refractivity contribution is 0.613. The van der Waals surface area contributed by atoms with Gasteiger partial charge in [0.15, 0.2) is 0 Å². The van der Waals surface area contributed by atoms with E-state index in [2.05, 4.69) is 5.10 Å². The Morgan fingerprint density at radius 2 is 2.25 bits per heavy atom. The van der Waals surface area contributed by atoms with Crippen molar-refractivity contribution in [3.8, 4) is 0 Å². The number of anilines is 1. The number of aryl methyl sites for hydroxylation is 1. The van der Waals surface area contributed by atoms with Gasteiger partial charge in [0.05, 0.1) is 11.9 Å². The molecule has 0 aromatic carbocycles. The van der Waals surface area contributed by atoms with Gasteiger partial charge in [-0.25, -0.2) is 4.68 Å². The Morgan fingerprint density at radius 3 is 2.75 bits per heavy atom. The highest BCUT2D eigenvalue weighted by Gasteiger charge is 2.13. The van der Waals surface area contributed by atoms with Crippen LogP contribution in [0.2, 0.25) is 5.02 Å². The van der Waals surface area contributed by atoms with Gasteiger partial charge in [-0.3, -0.25) is 4.79 Å². The maximum Gasteiger partial charge on any atom is 0.287 e. The molecule has 0 bridgehead atoms. The molecule has 0 saturated carbocycles. The second-order valence-corrected chi connectivity index (χ2v) is 3.71. The summed E-state index contributed by atoms with van der Waals surface area (Å²) < 4.78 is 1.34. The number of rotatable bonds is 5. The Labute approximate surface area is 99.8 Å². The smallest absolute Gasteiger partial charge is 0.287 e. The van der Waals surface area contributed by atoms with Crippen LogP contribution < -0.4 is 16.2 Å². The molecule has 0 aliphatic heterocycles. The van der Waals surface area contributed by atoms with Crippen LogP contribution in [0, 0.1) is 0 Å². The Morgan fingerprint density at radius 1 is 1.56 bits per heavy atom. The summed E-state index contributed by atoms with van der Waals surface area (Å²) in [6, 6.07) is 0. The molecule has 0 saturated heterocycles. The first kappa shape index (κ1) is 13.0. The van der Waals surface area contributed by atoms with Crippen LogP contribution in [-0.2, 0) is 6.54 Å². The summed E-state index contributed by atoms with van der Waals surface area (Å²) in [5, 5.41) is 4.26. The normalized spacial score (nSPS) is 10.5. The lowest BCUT2D eigenvalue weighted by Crippen LogP contribution is -2.32. The fraction of sp³-hybridized carbons (Fsp3) is 0.600. The minimum absolute atomic E-state index is 0.215. The van der Waals surface area contributed by atoms with E-state index in [-0.39, 0.29) is 10.6 Å². The molecule has 0 fully saturated rings. The van der Waals surface area contributed by atoms with E-state index in [0.717, 1.165) is 6.54 Å². The first-order valence-electron chi connectivity index (χ1n) is 5.36. The highest BCUT2D eigenvalue weighted by atomic mass is 35.5. The summed E-state index contributed by atoms with van der Waals surface area (Å²) in [7, 11) is 0. The van der Waals surface area contributed by atoms with Crippen molar-refractivity contribution in [2.75, 3.05) is 24.5 Å². The Kier molecular flexibility index (Phi) is 4.76. The molecular formula is C10H17ClN4O. The monoisotopic (exact) mass is 244 g/mol. The number of hydrogen-bond acceptors (Lipinski definition) is 4. The van der Waals surface area contributed by atoms with Gasteiger partial charge in [-0.15, -0.1) is 0 Å². The Balaban J connectivity index is 3.15. The van der Waals surface area contributed by atoms with E-state index in [4.69, 9.17) is 17.3 Å². The zero-order valence-corrected chi connectivity index (χ0v) is 10.4. The molecule has 1 aromatic rings. The first-order valence-corrected chi connectivity index (χ1v) is 5.74. The molecule has 2 N–H and O–H groups in total. The molecule has 0 amide bonds. The highest BCUT2D eigenvalue weighted by Crippen LogP contribution is 2.20. The zero-order valence-electron chi connectivity index (χ0n) is 9.61. The molecule has 0 radical (unpaired) electrons. The van der Waals surface area contributed by atoms with Gasteiger partial charge in [-0.1, -0.05) is 11.6 Å². The van der Waals surface area contributed by atoms with Gasteiger partial charge in [-0.2, -0.15) is 5.10 Å². The van der Waals surface area contributed by atoms with Crippen LogP contribution in [0.4, 0.5) is 5.69 Å². The van der Waals surface area contributed by atoms with E-state index in [0.29, 0.717) is 25.3 Å². The van der Waals surface area contributed by atoms with Crippen LogP contribution in [0.5, 0.6) is 0 Å². The predicted octanol–water partition coefficient (Wildman–Crippen LogP) is 0.702. The van der Waals surface area contributed by atoms with E-state index in [9.17, 15) is 4.79 Å². The quantitative estimate of drug-likeness (QED) is 0.828. The second kappa shape index (κ2) is 5.86. The molecule has 0 unspecified atom stereocenters. The average Bonchev–Trinajstić information content (AvgIpc) is 2.30. The highest BCUT2D eigenvalue weighted by molar-refractivity contribution is 6.33. The molecule has 0 spiro atoms. The predicted molar refractivity (Wildman–Crippen MR) is 66.1 cm³/mol. The summed E-state index contributed by atoms with van der Waals surface area (Å²) in [5.74, 6) is 0. The van der Waals surface area contributed by atoms with Crippen LogP contribution >= 0.6 is 11.6 Å². The minimum atomic E-state index is -0.253. The third-order valence-corrected chi connectivity index (χ3v) is 2.74. The second-order valence-electron chi connectivity index (χ2n) is 3.33. The molecule has 16 heavy (non-hydrogen) atoms. The van der Waals surface area contributed by atoms with Gasteiger partial charge >= 0.3 is 0 Å². The number of aromatic nitrogens is 2. The lowest BCUT2D eigenvalue weighted by Gasteiger charge is -2.22. The standard InChI is InChI=1S/C10H17ClN4O/c1-3-14(6-5-12)8-7-13-15(4-2)10(16)9(8)11/h7H,3-6,12H2,1-2H3. The van der Waals surface area contributed by atoms with Crippen molar-refractivity contribution in [3.05, 3.63) is 21.6 Å². The average molecular weight is 245 g/mol. The number of nitrogens with two attached hydrogens (primary N) is 1. The first-order chi connectivity index (χ1) is 7.65. The number of hydrogen-bond donors (Lipinski definition) is 1. The fourth-order valence-corrected chi connectivity index (χ4v) is 1.77. The van der Waals surface area contributed by atoms with Crippen LogP contribution in [-0.4, -0.2) is 29.4 Å². The molecule has 0 aliphatic rings. The largest absolute Gasteiger partial charge is 0.368 e. The van der Waals surface area contributed by atoms with Crippen LogP contribution in [0.25, 0.3) is 0 Å². The van der Waals surface area contributed by atoms with E-state index >= 15 is 0 Å². The summed E-state index contributed by atoms with van der Waals surface area (Å²) in [4.78, 5) is 13.7. The van der Waals surface area contributed by atoms with E-state index in [1.54, 1.807) is 6.20 Å². The van der Waals surface area contributed by atoms with E-state index in [1.165, 1.54) is 4.68 Å². The molecular weight excluding hydrogens is 228 g/mol. The third kappa shape index (κ3) is 2.54. The van der Waals surface area contributed by atoms with Gasteiger partial charge < -0.3 is 10.6 Å². The molecule has 1 heterocycles. The van der Waals surface area contributed by atoms with Crippen molar-refractivity contribution < 1.29 is 0 Å². The number of likely N-dealkylation sites (N-methyl/N-ethyl adjacent to an activating group) is 1. The molecule has 6 heteroatoms. The Bertz CT molecular complexity index is 404. The summed E-state index contributed by atoms with van der Waals surface area (Å²) in [6.07, 6.45) is 1.62. The number of halogens is 1. The molecule has 1 rings (SSSR count).